The van der Waals surface area contributed by atoms with Crippen LogP contribution in [0.1, 0.15) is 16.1 Å². The van der Waals surface area contributed by atoms with Crippen LogP contribution in [0.15, 0.2) is 54.6 Å². The van der Waals surface area contributed by atoms with Gasteiger partial charge in [0.2, 0.25) is 11.0 Å². The summed E-state index contributed by atoms with van der Waals surface area (Å²) < 4.78 is 11.2. The van der Waals surface area contributed by atoms with Crippen molar-refractivity contribution >= 4 is 28.5 Å². The van der Waals surface area contributed by atoms with Gasteiger partial charge in [0.05, 0.1) is 7.11 Å². The minimum atomic E-state index is -0.269. The Bertz CT molecular complexity index is 939. The van der Waals surface area contributed by atoms with Gasteiger partial charge < -0.3 is 9.47 Å². The Morgan fingerprint density at radius 2 is 1.96 bits per heavy atom. The number of aryl methyl sites for hydroxylation is 1. The van der Waals surface area contributed by atoms with Gasteiger partial charge in [-0.25, -0.2) is 0 Å². The van der Waals surface area contributed by atoms with Gasteiger partial charge >= 0.3 is 0 Å². The average Bonchev–Trinajstić information content (AvgIpc) is 3.10. The number of amides is 1. The molecule has 1 aromatic heterocycles. The molecule has 1 heterocycles. The molecule has 0 unspecified atom stereocenters. The van der Waals surface area contributed by atoms with Gasteiger partial charge in [0.1, 0.15) is 11.6 Å². The largest absolute Gasteiger partial charge is 0.493 e. The van der Waals surface area contributed by atoms with Gasteiger partial charge in [-0.15, -0.1) is 10.2 Å². The molecule has 3 aromatic rings. The fraction of sp³-hybridized carbons (Fsp3) is 0.150. The van der Waals surface area contributed by atoms with Crippen LogP contribution in [0.2, 0.25) is 0 Å². The molecule has 0 saturated carbocycles. The van der Waals surface area contributed by atoms with Crippen LogP contribution in [0.4, 0.5) is 5.13 Å². The van der Waals surface area contributed by atoms with E-state index in [1.54, 1.807) is 13.2 Å². The molecule has 3 rings (SSSR count). The number of nitrogens with one attached hydrogen (secondary N) is 1. The molecular formula is C20H19N3O3S. The zero-order valence-corrected chi connectivity index (χ0v) is 15.8. The zero-order valence-electron chi connectivity index (χ0n) is 15.0. The van der Waals surface area contributed by atoms with Crippen molar-refractivity contribution in [2.24, 2.45) is 0 Å². The summed E-state index contributed by atoms with van der Waals surface area (Å²) in [6, 6.07) is 15.4. The first kappa shape index (κ1) is 18.6. The number of carbonyl (C=O) groups is 1. The third kappa shape index (κ3) is 5.39. The van der Waals surface area contributed by atoms with Crippen molar-refractivity contribution in [3.05, 3.63) is 70.7 Å². The SMILES string of the molecule is COc1cc(C=CC(=O)Nc2nnc(C)s2)ccc1OCc1ccccc1. The molecule has 138 valence electrons. The van der Waals surface area contributed by atoms with Crippen LogP contribution < -0.4 is 14.8 Å². The van der Waals surface area contributed by atoms with E-state index in [0.717, 1.165) is 16.1 Å². The van der Waals surface area contributed by atoms with Crippen molar-refractivity contribution in [3.8, 4) is 11.5 Å². The number of benzene rings is 2. The van der Waals surface area contributed by atoms with E-state index in [9.17, 15) is 4.79 Å². The van der Waals surface area contributed by atoms with Crippen molar-refractivity contribution in [1.29, 1.82) is 0 Å². The summed E-state index contributed by atoms with van der Waals surface area (Å²) in [6.07, 6.45) is 3.14. The quantitative estimate of drug-likeness (QED) is 0.624. The zero-order chi connectivity index (χ0) is 19.1. The lowest BCUT2D eigenvalue weighted by atomic mass is 10.2. The predicted octanol–water partition coefficient (Wildman–Crippen LogP) is 4.09. The monoisotopic (exact) mass is 381 g/mol. The first-order chi connectivity index (χ1) is 13.1. The molecule has 1 N–H and O–H groups in total. The lowest BCUT2D eigenvalue weighted by molar-refractivity contribution is -0.111. The van der Waals surface area contributed by atoms with E-state index in [-0.39, 0.29) is 5.91 Å². The number of methoxy groups -OCH3 is 1. The first-order valence-electron chi connectivity index (χ1n) is 8.28. The Balaban J connectivity index is 1.63. The highest BCUT2D eigenvalue weighted by molar-refractivity contribution is 7.15. The topological polar surface area (TPSA) is 73.3 Å². The number of aromatic nitrogens is 2. The Hall–Kier alpha value is -3.19. The summed E-state index contributed by atoms with van der Waals surface area (Å²) in [4.78, 5) is 12.0. The van der Waals surface area contributed by atoms with E-state index in [1.807, 2.05) is 55.5 Å². The molecule has 27 heavy (non-hydrogen) atoms. The van der Waals surface area contributed by atoms with Gasteiger partial charge in [0.25, 0.3) is 0 Å². The molecule has 0 saturated heterocycles. The summed E-state index contributed by atoms with van der Waals surface area (Å²) in [5, 5.41) is 11.7. The number of carbonyl (C=O) groups excluding carboxylic acids is 1. The minimum Gasteiger partial charge on any atom is -0.493 e. The average molecular weight is 381 g/mol. The third-order valence-electron chi connectivity index (χ3n) is 3.61. The minimum absolute atomic E-state index is 0.269. The van der Waals surface area contributed by atoms with Gasteiger partial charge in [-0.2, -0.15) is 0 Å². The fourth-order valence-corrected chi connectivity index (χ4v) is 2.90. The number of hydrogen-bond donors (Lipinski definition) is 1. The van der Waals surface area contributed by atoms with E-state index in [0.29, 0.717) is 23.2 Å². The van der Waals surface area contributed by atoms with Gasteiger partial charge in [0.15, 0.2) is 11.5 Å². The normalized spacial score (nSPS) is 10.7. The molecule has 6 nitrogen and oxygen atoms in total. The van der Waals surface area contributed by atoms with Crippen molar-refractivity contribution in [2.75, 3.05) is 12.4 Å². The van der Waals surface area contributed by atoms with Crippen molar-refractivity contribution < 1.29 is 14.3 Å². The molecule has 0 bridgehead atoms. The number of rotatable bonds is 7. The molecule has 7 heteroatoms. The number of anilines is 1. The summed E-state index contributed by atoms with van der Waals surface area (Å²) in [6.45, 7) is 2.28. The molecule has 0 aliphatic rings. The highest BCUT2D eigenvalue weighted by atomic mass is 32.1. The highest BCUT2D eigenvalue weighted by Gasteiger charge is 2.06. The molecule has 1 amide bonds. The van der Waals surface area contributed by atoms with Crippen LogP contribution in [0, 0.1) is 6.92 Å². The molecular weight excluding hydrogens is 362 g/mol. The smallest absolute Gasteiger partial charge is 0.250 e. The van der Waals surface area contributed by atoms with Gasteiger partial charge in [-0.3, -0.25) is 10.1 Å². The lowest BCUT2D eigenvalue weighted by Gasteiger charge is -2.11. The van der Waals surface area contributed by atoms with Crippen LogP contribution in [0.5, 0.6) is 11.5 Å². The van der Waals surface area contributed by atoms with E-state index < -0.39 is 0 Å². The maximum absolute atomic E-state index is 12.0. The van der Waals surface area contributed by atoms with Crippen LogP contribution in [-0.2, 0) is 11.4 Å². The van der Waals surface area contributed by atoms with Crippen molar-refractivity contribution in [1.82, 2.24) is 10.2 Å². The Morgan fingerprint density at radius 3 is 2.67 bits per heavy atom. The van der Waals surface area contributed by atoms with Crippen LogP contribution in [-0.4, -0.2) is 23.2 Å². The fourth-order valence-electron chi connectivity index (χ4n) is 2.31. The van der Waals surface area contributed by atoms with E-state index in [4.69, 9.17) is 9.47 Å². The molecule has 0 aliphatic carbocycles. The van der Waals surface area contributed by atoms with E-state index >= 15 is 0 Å². The van der Waals surface area contributed by atoms with Crippen LogP contribution in [0.25, 0.3) is 6.08 Å². The summed E-state index contributed by atoms with van der Waals surface area (Å²) in [5.41, 5.74) is 1.90. The first-order valence-corrected chi connectivity index (χ1v) is 9.09. The predicted molar refractivity (Wildman–Crippen MR) is 106 cm³/mol. The van der Waals surface area contributed by atoms with Crippen LogP contribution >= 0.6 is 11.3 Å². The van der Waals surface area contributed by atoms with Crippen molar-refractivity contribution in [2.45, 2.75) is 13.5 Å². The van der Waals surface area contributed by atoms with Crippen LogP contribution in [0.3, 0.4) is 0 Å². The Labute approximate surface area is 161 Å². The molecule has 0 atom stereocenters. The van der Waals surface area contributed by atoms with E-state index in [2.05, 4.69) is 15.5 Å². The Morgan fingerprint density at radius 1 is 1.15 bits per heavy atom. The highest BCUT2D eigenvalue weighted by Crippen LogP contribution is 2.29. The van der Waals surface area contributed by atoms with Crippen molar-refractivity contribution in [3.63, 3.8) is 0 Å². The summed E-state index contributed by atoms with van der Waals surface area (Å²) in [5.74, 6) is 0.982. The number of nitrogens with zero attached hydrogens (tertiary/aromatic N) is 2. The summed E-state index contributed by atoms with van der Waals surface area (Å²) in [7, 11) is 1.59. The van der Waals surface area contributed by atoms with Gasteiger partial charge in [-0.05, 0) is 36.3 Å². The Kier molecular flexibility index (Phi) is 6.17. The molecule has 0 aliphatic heterocycles. The maximum atomic E-state index is 12.0. The number of hydrogen-bond acceptors (Lipinski definition) is 6. The molecule has 0 spiro atoms. The van der Waals surface area contributed by atoms with Gasteiger partial charge in [-0.1, -0.05) is 47.7 Å². The molecule has 0 radical (unpaired) electrons. The molecule has 0 fully saturated rings. The summed E-state index contributed by atoms with van der Waals surface area (Å²) >= 11 is 1.32. The molecule has 2 aromatic carbocycles. The maximum Gasteiger partial charge on any atom is 0.250 e. The van der Waals surface area contributed by atoms with E-state index in [1.165, 1.54) is 17.4 Å². The third-order valence-corrected chi connectivity index (χ3v) is 4.36. The second kappa shape index (κ2) is 8.95. The van der Waals surface area contributed by atoms with Gasteiger partial charge in [0, 0.05) is 6.08 Å². The second-order valence-corrected chi connectivity index (χ2v) is 6.82. The lowest BCUT2D eigenvalue weighted by Crippen LogP contribution is -2.07. The standard InChI is InChI=1S/C20H19N3O3S/c1-14-22-23-20(27-14)21-19(24)11-9-15-8-10-17(18(12-15)25-2)26-13-16-6-4-3-5-7-16/h3-12H,13H2,1-2H3,(H,21,23,24). The second-order valence-electron chi connectivity index (χ2n) is 5.63. The number of ether oxygens (including phenoxy) is 2.